The molecule has 12 nitrogen and oxygen atoms in total. The first-order valence-electron chi connectivity index (χ1n) is 12.8. The van der Waals surface area contributed by atoms with Crippen LogP contribution in [0.4, 0.5) is 17.3 Å². The van der Waals surface area contributed by atoms with Gasteiger partial charge in [-0.1, -0.05) is 0 Å². The Morgan fingerprint density at radius 2 is 2.00 bits per heavy atom. The summed E-state index contributed by atoms with van der Waals surface area (Å²) in [5.41, 5.74) is 7.74. The van der Waals surface area contributed by atoms with Crippen molar-refractivity contribution in [2.24, 2.45) is 0 Å². The van der Waals surface area contributed by atoms with Gasteiger partial charge < -0.3 is 25.0 Å². The number of esters is 1. The average molecular weight is 571 g/mol. The van der Waals surface area contributed by atoms with Gasteiger partial charge >= 0.3 is 5.97 Å². The summed E-state index contributed by atoms with van der Waals surface area (Å²) < 4.78 is 36.9. The summed E-state index contributed by atoms with van der Waals surface area (Å²) in [5.74, 6) is 0.445. The van der Waals surface area contributed by atoms with Crippen molar-refractivity contribution in [1.82, 2.24) is 14.9 Å². The van der Waals surface area contributed by atoms with Crippen molar-refractivity contribution in [1.29, 1.82) is 0 Å². The Kier molecular flexibility index (Phi) is 8.62. The van der Waals surface area contributed by atoms with Crippen LogP contribution in [-0.2, 0) is 31.6 Å². The van der Waals surface area contributed by atoms with Crippen LogP contribution in [0, 0.1) is 6.92 Å². The third-order valence-electron chi connectivity index (χ3n) is 6.95. The standard InChI is InChI=1S/C27H34N6O6S/c1-6-39-27(35)22(13-18-12-17-7-9-29-24(28)20(17)14-23(18)38-5)32-10-8-21(26(32)34)33(40(36)37)19-11-16(2)25(30-15-19)31(3)4/h7,9,11-12,14-15,21-22,40H,6,8,10,13H2,1-5H3,(H2,28,29)/t21-,22+/m0/s1. The Morgan fingerprint density at radius 1 is 1.25 bits per heavy atom. The van der Waals surface area contributed by atoms with Crippen molar-refractivity contribution in [3.05, 3.63) is 47.8 Å². The largest absolute Gasteiger partial charge is 0.496 e. The van der Waals surface area contributed by atoms with Gasteiger partial charge in [-0.2, -0.15) is 0 Å². The molecule has 1 fully saturated rings. The Morgan fingerprint density at radius 3 is 2.62 bits per heavy atom. The maximum Gasteiger partial charge on any atom is 0.329 e. The normalized spacial score (nSPS) is 15.9. The summed E-state index contributed by atoms with van der Waals surface area (Å²) >= 11 is 0. The minimum Gasteiger partial charge on any atom is -0.496 e. The average Bonchev–Trinajstić information content (AvgIpc) is 3.27. The maximum atomic E-state index is 13.8. The molecule has 1 aromatic carbocycles. The molecule has 1 aliphatic rings. The number of benzene rings is 1. The van der Waals surface area contributed by atoms with Crippen LogP contribution in [0.1, 0.15) is 24.5 Å². The van der Waals surface area contributed by atoms with Gasteiger partial charge in [0.2, 0.25) is 16.8 Å². The van der Waals surface area contributed by atoms with E-state index in [-0.39, 0.29) is 31.7 Å². The zero-order valence-corrected chi connectivity index (χ0v) is 24.1. The number of carbonyl (C=O) groups excluding carboxylic acids is 2. The van der Waals surface area contributed by atoms with E-state index in [2.05, 4.69) is 9.97 Å². The first-order chi connectivity index (χ1) is 19.1. The molecule has 3 aromatic rings. The molecule has 0 aliphatic carbocycles. The highest BCUT2D eigenvalue weighted by Crippen LogP contribution is 2.32. The monoisotopic (exact) mass is 570 g/mol. The number of nitrogens with two attached hydrogens (primary N) is 1. The van der Waals surface area contributed by atoms with Crippen molar-refractivity contribution in [3.63, 3.8) is 0 Å². The molecule has 0 spiro atoms. The molecule has 13 heteroatoms. The van der Waals surface area contributed by atoms with Gasteiger partial charge in [0.05, 0.1) is 25.6 Å². The van der Waals surface area contributed by atoms with E-state index in [1.165, 1.54) is 18.2 Å². The van der Waals surface area contributed by atoms with Gasteiger partial charge in [0.25, 0.3) is 0 Å². The van der Waals surface area contributed by atoms with Crippen molar-refractivity contribution < 1.29 is 27.5 Å². The molecule has 2 N–H and O–H groups in total. The number of aryl methyl sites for hydroxylation is 1. The van der Waals surface area contributed by atoms with Crippen LogP contribution >= 0.6 is 0 Å². The smallest absolute Gasteiger partial charge is 0.329 e. The van der Waals surface area contributed by atoms with E-state index in [4.69, 9.17) is 15.2 Å². The molecule has 4 rings (SSSR count). The molecule has 2 atom stereocenters. The summed E-state index contributed by atoms with van der Waals surface area (Å²) in [7, 11) is 2.01. The predicted octanol–water partition coefficient (Wildman–Crippen LogP) is 1.70. The number of pyridine rings is 2. The fourth-order valence-electron chi connectivity index (χ4n) is 5.14. The highest BCUT2D eigenvalue weighted by molar-refractivity contribution is 7.74. The lowest BCUT2D eigenvalue weighted by atomic mass is 10.00. The van der Waals surface area contributed by atoms with Gasteiger partial charge in [0.15, 0.2) is 0 Å². The number of amides is 1. The summed E-state index contributed by atoms with van der Waals surface area (Å²) in [5, 5.41) is 1.50. The second kappa shape index (κ2) is 11.9. The molecule has 1 saturated heterocycles. The number of likely N-dealkylation sites (tertiary alicyclic amines) is 1. The Hall–Kier alpha value is -4.13. The maximum absolute atomic E-state index is 13.8. The number of fused-ring (bicyclic) bond motifs is 1. The van der Waals surface area contributed by atoms with Crippen LogP contribution in [-0.4, -0.2) is 81.6 Å². The number of rotatable bonds is 10. The van der Waals surface area contributed by atoms with Crippen LogP contribution in [0.5, 0.6) is 5.75 Å². The molecule has 2 aromatic heterocycles. The fourth-order valence-corrected chi connectivity index (χ4v) is 5.88. The summed E-state index contributed by atoms with van der Waals surface area (Å²) in [6, 6.07) is 5.07. The van der Waals surface area contributed by atoms with Gasteiger partial charge in [0, 0.05) is 38.6 Å². The Bertz CT molecular complexity index is 1500. The van der Waals surface area contributed by atoms with E-state index in [9.17, 15) is 18.0 Å². The second-order valence-electron chi connectivity index (χ2n) is 9.70. The molecule has 40 heavy (non-hydrogen) atoms. The molecule has 1 aliphatic heterocycles. The third kappa shape index (κ3) is 5.60. The molecule has 0 radical (unpaired) electrons. The summed E-state index contributed by atoms with van der Waals surface area (Å²) in [6.45, 7) is 3.80. The quantitative estimate of drug-likeness (QED) is 0.273. The minimum atomic E-state index is -3.18. The molecule has 214 valence electrons. The van der Waals surface area contributed by atoms with Gasteiger partial charge in [-0.05, 0) is 61.0 Å². The number of hydrogen-bond acceptors (Lipinski definition) is 10. The van der Waals surface area contributed by atoms with Crippen LogP contribution in [0.2, 0.25) is 0 Å². The van der Waals surface area contributed by atoms with E-state index in [0.717, 1.165) is 15.3 Å². The zero-order valence-electron chi connectivity index (χ0n) is 23.2. The highest BCUT2D eigenvalue weighted by atomic mass is 32.2. The van der Waals surface area contributed by atoms with E-state index in [1.807, 2.05) is 32.0 Å². The van der Waals surface area contributed by atoms with Crippen LogP contribution in [0.25, 0.3) is 10.8 Å². The summed E-state index contributed by atoms with van der Waals surface area (Å²) in [6.07, 6.45) is 3.32. The molecule has 0 unspecified atom stereocenters. The first-order valence-corrected chi connectivity index (χ1v) is 14.0. The van der Waals surface area contributed by atoms with Crippen molar-refractivity contribution >= 4 is 50.9 Å². The van der Waals surface area contributed by atoms with Gasteiger partial charge in [0.1, 0.15) is 29.5 Å². The highest BCUT2D eigenvalue weighted by Gasteiger charge is 2.43. The molecule has 0 saturated carbocycles. The van der Waals surface area contributed by atoms with Crippen molar-refractivity contribution in [2.45, 2.75) is 38.8 Å². The lowest BCUT2D eigenvalue weighted by molar-refractivity contribution is -0.153. The molecule has 1 amide bonds. The number of anilines is 3. The molecular weight excluding hydrogens is 536 g/mol. The number of carbonyl (C=O) groups is 2. The van der Waals surface area contributed by atoms with Crippen LogP contribution < -0.4 is 19.7 Å². The second-order valence-corrected chi connectivity index (χ2v) is 10.6. The van der Waals surface area contributed by atoms with E-state index in [0.29, 0.717) is 28.3 Å². The van der Waals surface area contributed by atoms with Crippen LogP contribution in [0.15, 0.2) is 36.7 Å². The van der Waals surface area contributed by atoms with Gasteiger partial charge in [-0.3, -0.25) is 9.10 Å². The zero-order chi connectivity index (χ0) is 29.1. The molecule has 3 heterocycles. The number of hydrogen-bond donors (Lipinski definition) is 2. The predicted molar refractivity (Wildman–Crippen MR) is 153 cm³/mol. The van der Waals surface area contributed by atoms with Crippen LogP contribution in [0.3, 0.4) is 0 Å². The number of aromatic nitrogens is 2. The minimum absolute atomic E-state index is 0.0976. The van der Waals surface area contributed by atoms with E-state index in [1.54, 1.807) is 31.3 Å². The molecular formula is C27H34N6O6S. The Balaban J connectivity index is 1.68. The van der Waals surface area contributed by atoms with E-state index >= 15 is 0 Å². The first kappa shape index (κ1) is 28.9. The van der Waals surface area contributed by atoms with Crippen molar-refractivity contribution in [2.75, 3.05) is 49.3 Å². The van der Waals surface area contributed by atoms with Crippen molar-refractivity contribution in [3.8, 4) is 5.75 Å². The fraction of sp³-hybridized carbons (Fsp3) is 0.407. The topological polar surface area (TPSA) is 148 Å². The number of ether oxygens (including phenoxy) is 2. The van der Waals surface area contributed by atoms with Gasteiger partial charge in [-0.25, -0.2) is 23.2 Å². The van der Waals surface area contributed by atoms with E-state index < -0.39 is 34.9 Å². The third-order valence-corrected chi connectivity index (χ3v) is 7.81. The number of nitrogen functional groups attached to an aromatic ring is 1. The van der Waals surface area contributed by atoms with Gasteiger partial charge in [-0.15, -0.1) is 0 Å². The SMILES string of the molecule is CCOC(=O)[C@@H](Cc1cc2ccnc(N)c2cc1OC)N1CC[C@H](N(c2cnc(N(C)C)c(C)c2)[SH](=O)=O)C1=O. The lowest BCUT2D eigenvalue weighted by Gasteiger charge is -2.29. The Labute approximate surface area is 234 Å². The lowest BCUT2D eigenvalue weighted by Crippen LogP contribution is -2.48. The number of methoxy groups -OCH3 is 1. The number of thiol groups is 1. The number of nitrogens with zero attached hydrogens (tertiary/aromatic N) is 5. The summed E-state index contributed by atoms with van der Waals surface area (Å²) in [4.78, 5) is 38.7. The molecule has 0 bridgehead atoms.